The molecular weight excluding hydrogens is 191 g/mol. The van der Waals surface area contributed by atoms with Crippen LogP contribution in [0.3, 0.4) is 0 Å². The van der Waals surface area contributed by atoms with Gasteiger partial charge in [-0.25, -0.2) is 18.0 Å². The zero-order valence-corrected chi connectivity index (χ0v) is 6.63. The molecule has 0 saturated heterocycles. The Balaban J connectivity index is 4.17. The Bertz CT molecular complexity index is 209. The summed E-state index contributed by atoms with van der Waals surface area (Å²) in [6.07, 6.45) is -9.45. The minimum atomic E-state index is -2.81. The lowest BCUT2D eigenvalue weighted by atomic mass is 10.1. The fourth-order valence-electron chi connectivity index (χ4n) is 0.552. The molecule has 0 aromatic heterocycles. The molecule has 0 rings (SSSR count). The highest BCUT2D eigenvalue weighted by molar-refractivity contribution is 5.93. The summed E-state index contributed by atoms with van der Waals surface area (Å²) in [5.41, 5.74) is 0. The van der Waals surface area contributed by atoms with Gasteiger partial charge in [0.2, 0.25) is 6.17 Å². The van der Waals surface area contributed by atoms with Crippen LogP contribution in [-0.4, -0.2) is 35.6 Å². The van der Waals surface area contributed by atoms with E-state index in [4.69, 9.17) is 5.11 Å². The van der Waals surface area contributed by atoms with E-state index >= 15 is 0 Å². The molecule has 76 valence electrons. The fraction of sp³-hybridized carbons (Fsp3) is 0.667. The van der Waals surface area contributed by atoms with Crippen molar-refractivity contribution in [3.05, 3.63) is 0 Å². The van der Waals surface area contributed by atoms with Gasteiger partial charge in [0.25, 0.3) is 5.91 Å². The molecule has 0 spiro atoms. The van der Waals surface area contributed by atoms with E-state index in [2.05, 4.69) is 0 Å². The molecule has 2 amide bonds. The highest BCUT2D eigenvalue weighted by Crippen LogP contribution is 2.11. The first-order chi connectivity index (χ1) is 5.86. The fourth-order valence-corrected chi connectivity index (χ4v) is 0.552. The van der Waals surface area contributed by atoms with Crippen LogP contribution in [0.1, 0.15) is 6.92 Å². The second-order valence-corrected chi connectivity index (χ2v) is 2.32. The second-order valence-electron chi connectivity index (χ2n) is 2.32. The maximum Gasteiger partial charge on any atom is 0.411 e. The summed E-state index contributed by atoms with van der Waals surface area (Å²) in [6.45, 7) is 0.727. The topological polar surface area (TPSA) is 66.4 Å². The van der Waals surface area contributed by atoms with Crippen molar-refractivity contribution in [2.75, 3.05) is 0 Å². The van der Waals surface area contributed by atoms with Crippen molar-refractivity contribution in [1.82, 2.24) is 5.32 Å². The molecule has 0 heterocycles. The minimum absolute atomic E-state index is 0.727. The lowest BCUT2D eigenvalue weighted by Crippen LogP contribution is -2.42. The zero-order chi connectivity index (χ0) is 10.6. The molecule has 0 radical (unpaired) electrons. The van der Waals surface area contributed by atoms with Crippen molar-refractivity contribution in [2.24, 2.45) is 0 Å². The molecule has 3 unspecified atom stereocenters. The van der Waals surface area contributed by atoms with Gasteiger partial charge in [0.1, 0.15) is 6.17 Å². The van der Waals surface area contributed by atoms with Gasteiger partial charge in [-0.3, -0.25) is 10.1 Å². The highest BCUT2D eigenvalue weighted by atomic mass is 19.2. The molecule has 0 aliphatic rings. The van der Waals surface area contributed by atoms with Gasteiger partial charge in [0, 0.05) is 0 Å². The Hall–Kier alpha value is -1.27. The SMILES string of the molecule is CC(F)C(F)C(F)C(=O)NC(=O)O. The predicted octanol–water partition coefficient (Wildman–Crippen LogP) is 0.815. The van der Waals surface area contributed by atoms with Gasteiger partial charge in [0.05, 0.1) is 0 Å². The number of carbonyl (C=O) groups is 2. The second kappa shape index (κ2) is 4.68. The van der Waals surface area contributed by atoms with Crippen molar-refractivity contribution < 1.29 is 27.9 Å². The molecule has 4 nitrogen and oxygen atoms in total. The number of nitrogens with one attached hydrogen (secondary N) is 1. The predicted molar refractivity (Wildman–Crippen MR) is 36.5 cm³/mol. The van der Waals surface area contributed by atoms with Gasteiger partial charge in [0.15, 0.2) is 6.17 Å². The first kappa shape index (κ1) is 11.7. The van der Waals surface area contributed by atoms with Crippen molar-refractivity contribution in [3.63, 3.8) is 0 Å². The maximum absolute atomic E-state index is 12.5. The first-order valence-corrected chi connectivity index (χ1v) is 3.32. The standard InChI is InChI=1S/C6H8F3NO3/c1-2(7)3(8)4(9)5(11)10-6(12)13/h2-4H,1H3,(H,10,11)(H,12,13). The molecule has 2 N–H and O–H groups in total. The number of amides is 2. The molecule has 3 atom stereocenters. The van der Waals surface area contributed by atoms with E-state index in [1.54, 1.807) is 0 Å². The van der Waals surface area contributed by atoms with Crippen LogP contribution in [0, 0.1) is 0 Å². The van der Waals surface area contributed by atoms with Gasteiger partial charge in [-0.05, 0) is 6.92 Å². The largest absolute Gasteiger partial charge is 0.465 e. The van der Waals surface area contributed by atoms with E-state index in [1.807, 2.05) is 0 Å². The van der Waals surface area contributed by atoms with Crippen LogP contribution in [0.25, 0.3) is 0 Å². The van der Waals surface area contributed by atoms with E-state index in [0.717, 1.165) is 12.2 Å². The zero-order valence-electron chi connectivity index (χ0n) is 6.63. The molecule has 0 saturated carbocycles. The minimum Gasteiger partial charge on any atom is -0.465 e. The van der Waals surface area contributed by atoms with E-state index < -0.39 is 30.5 Å². The number of imide groups is 1. The number of alkyl halides is 3. The van der Waals surface area contributed by atoms with Crippen LogP contribution < -0.4 is 5.32 Å². The molecule has 0 aliphatic carbocycles. The van der Waals surface area contributed by atoms with E-state index in [1.165, 1.54) is 0 Å². The molecule has 7 heteroatoms. The summed E-state index contributed by atoms with van der Waals surface area (Å²) >= 11 is 0. The number of carbonyl (C=O) groups excluding carboxylic acids is 1. The Morgan fingerprint density at radius 1 is 1.31 bits per heavy atom. The van der Waals surface area contributed by atoms with E-state index in [0.29, 0.717) is 0 Å². The normalized spacial score (nSPS) is 17.2. The van der Waals surface area contributed by atoms with Crippen molar-refractivity contribution in [1.29, 1.82) is 0 Å². The third-order valence-corrected chi connectivity index (χ3v) is 1.20. The molecule has 0 aromatic rings. The van der Waals surface area contributed by atoms with Crippen LogP contribution in [0.15, 0.2) is 0 Å². The van der Waals surface area contributed by atoms with Gasteiger partial charge in [-0.15, -0.1) is 0 Å². The van der Waals surface area contributed by atoms with Gasteiger partial charge < -0.3 is 5.11 Å². The number of halogens is 3. The number of hydrogen-bond donors (Lipinski definition) is 2. The van der Waals surface area contributed by atoms with Gasteiger partial charge in [-0.1, -0.05) is 0 Å². The Morgan fingerprint density at radius 2 is 1.77 bits per heavy atom. The highest BCUT2D eigenvalue weighted by Gasteiger charge is 2.33. The Labute approximate surface area is 71.7 Å². The lowest BCUT2D eigenvalue weighted by Gasteiger charge is -2.12. The quantitative estimate of drug-likeness (QED) is 0.706. The van der Waals surface area contributed by atoms with Crippen LogP contribution in [0.5, 0.6) is 0 Å². The molecular formula is C6H8F3NO3. The van der Waals surface area contributed by atoms with E-state index in [-0.39, 0.29) is 0 Å². The monoisotopic (exact) mass is 199 g/mol. The average molecular weight is 199 g/mol. The molecule has 0 aromatic carbocycles. The van der Waals surface area contributed by atoms with Crippen molar-refractivity contribution in [3.8, 4) is 0 Å². The first-order valence-electron chi connectivity index (χ1n) is 3.32. The smallest absolute Gasteiger partial charge is 0.411 e. The van der Waals surface area contributed by atoms with Crippen LogP contribution >= 0.6 is 0 Å². The number of hydrogen-bond acceptors (Lipinski definition) is 2. The molecule has 13 heavy (non-hydrogen) atoms. The molecule has 0 fully saturated rings. The summed E-state index contributed by atoms with van der Waals surface area (Å²) in [5.74, 6) is -1.70. The van der Waals surface area contributed by atoms with Crippen LogP contribution in [0.2, 0.25) is 0 Å². The van der Waals surface area contributed by atoms with Crippen LogP contribution in [-0.2, 0) is 4.79 Å². The molecule has 0 aliphatic heterocycles. The average Bonchev–Trinajstić information content (AvgIpc) is 2.00. The van der Waals surface area contributed by atoms with Gasteiger partial charge >= 0.3 is 6.09 Å². The van der Waals surface area contributed by atoms with Gasteiger partial charge in [-0.2, -0.15) is 0 Å². The lowest BCUT2D eigenvalue weighted by molar-refractivity contribution is -0.128. The third kappa shape index (κ3) is 3.77. The Morgan fingerprint density at radius 3 is 2.08 bits per heavy atom. The summed E-state index contributed by atoms with van der Waals surface area (Å²) in [5, 5.41) is 9.01. The van der Waals surface area contributed by atoms with Crippen LogP contribution in [0.4, 0.5) is 18.0 Å². The maximum atomic E-state index is 12.5. The van der Waals surface area contributed by atoms with E-state index in [9.17, 15) is 22.8 Å². The number of rotatable bonds is 3. The summed E-state index contributed by atoms with van der Waals surface area (Å²) in [7, 11) is 0. The number of carboxylic acid groups (broad SMARTS) is 1. The van der Waals surface area contributed by atoms with Crippen molar-refractivity contribution >= 4 is 12.0 Å². The summed E-state index contributed by atoms with van der Waals surface area (Å²) < 4.78 is 37.0. The Kier molecular flexibility index (Phi) is 4.22. The summed E-state index contributed by atoms with van der Waals surface area (Å²) in [4.78, 5) is 20.2. The molecule has 0 bridgehead atoms. The van der Waals surface area contributed by atoms with Crippen molar-refractivity contribution in [2.45, 2.75) is 25.4 Å². The summed E-state index contributed by atoms with van der Waals surface area (Å²) in [6, 6.07) is 0. The third-order valence-electron chi connectivity index (χ3n) is 1.20.